The van der Waals surface area contributed by atoms with E-state index in [0.717, 1.165) is 19.2 Å². The summed E-state index contributed by atoms with van der Waals surface area (Å²) in [5.74, 6) is -4.11. The van der Waals surface area contributed by atoms with Crippen LogP contribution in [0.1, 0.15) is 33.9 Å². The van der Waals surface area contributed by atoms with Gasteiger partial charge < -0.3 is 19.1 Å². The summed E-state index contributed by atoms with van der Waals surface area (Å²) in [7, 11) is -4.59. The summed E-state index contributed by atoms with van der Waals surface area (Å²) >= 11 is 0. The number of aromatic amines is 1. The summed E-state index contributed by atoms with van der Waals surface area (Å²) in [5, 5.41) is 12.8. The molecule has 1 aromatic carbocycles. The Morgan fingerprint density at radius 1 is 1.24 bits per heavy atom. The Balaban J connectivity index is 1.86. The van der Waals surface area contributed by atoms with Crippen LogP contribution in [0.2, 0.25) is 0 Å². The first-order chi connectivity index (χ1) is 17.2. The van der Waals surface area contributed by atoms with Gasteiger partial charge >= 0.3 is 19.4 Å². The second-order valence-electron chi connectivity index (χ2n) is 8.84. The van der Waals surface area contributed by atoms with Crippen molar-refractivity contribution in [3.63, 3.8) is 0 Å². The normalized spacial score (nSPS) is 28.0. The summed E-state index contributed by atoms with van der Waals surface area (Å²) in [6, 6.07) is 7.22. The Labute approximate surface area is 210 Å². The van der Waals surface area contributed by atoms with Crippen molar-refractivity contribution in [3.05, 3.63) is 63.4 Å². The number of aliphatic hydroxyl groups is 1. The number of H-pyrrole nitrogens is 1. The third kappa shape index (κ3) is 6.51. The van der Waals surface area contributed by atoms with E-state index < -0.39 is 67.6 Å². The van der Waals surface area contributed by atoms with Crippen LogP contribution in [0.5, 0.6) is 5.75 Å². The lowest BCUT2D eigenvalue weighted by Gasteiger charge is -2.28. The number of carbonyl (C=O) groups excluding carboxylic acids is 1. The third-order valence-electron chi connectivity index (χ3n) is 5.29. The summed E-state index contributed by atoms with van der Waals surface area (Å²) in [6.07, 6.45) is -4.17. The molecule has 1 aliphatic rings. The Kier molecular flexibility index (Phi) is 8.40. The number of hydrogen-bond donors (Lipinski definition) is 3. The zero-order valence-corrected chi connectivity index (χ0v) is 21.3. The molecule has 2 heterocycles. The van der Waals surface area contributed by atoms with Crippen molar-refractivity contribution in [1.82, 2.24) is 14.6 Å². The van der Waals surface area contributed by atoms with Crippen LogP contribution in [0.15, 0.2) is 52.2 Å². The van der Waals surface area contributed by atoms with Gasteiger partial charge in [0.15, 0.2) is 18.0 Å². The first-order valence-corrected chi connectivity index (χ1v) is 12.7. The van der Waals surface area contributed by atoms with E-state index in [-0.39, 0.29) is 5.75 Å². The summed E-state index contributed by atoms with van der Waals surface area (Å²) < 4.78 is 66.0. The number of benzene rings is 1. The van der Waals surface area contributed by atoms with Crippen molar-refractivity contribution in [3.8, 4) is 5.75 Å². The van der Waals surface area contributed by atoms with Gasteiger partial charge in [0.1, 0.15) is 18.4 Å². The minimum absolute atomic E-state index is 0.0246. The lowest BCUT2D eigenvalue weighted by atomic mass is 9.97. The molecule has 37 heavy (non-hydrogen) atoms. The van der Waals surface area contributed by atoms with Gasteiger partial charge in [-0.25, -0.2) is 18.1 Å². The molecular weight excluding hydrogens is 519 g/mol. The fraction of sp³-hybridized carbons (Fsp3) is 0.500. The smallest absolute Gasteiger partial charge is 0.459 e. The number of carbonyl (C=O) groups is 1. The number of para-hydroxylation sites is 1. The first-order valence-electron chi connectivity index (χ1n) is 11.2. The number of esters is 1. The number of halogens is 2. The highest BCUT2D eigenvalue weighted by Gasteiger charge is 2.65. The van der Waals surface area contributed by atoms with Gasteiger partial charge in [-0.15, -0.1) is 0 Å². The molecule has 0 aliphatic carbocycles. The topological polar surface area (TPSA) is 158 Å². The second-order valence-corrected chi connectivity index (χ2v) is 10.5. The largest absolute Gasteiger partial charge is 0.462 e. The minimum atomic E-state index is -4.59. The van der Waals surface area contributed by atoms with Gasteiger partial charge in [-0.1, -0.05) is 18.2 Å². The van der Waals surface area contributed by atoms with E-state index in [1.807, 2.05) is 4.98 Å². The lowest BCUT2D eigenvalue weighted by Crippen LogP contribution is -2.47. The highest BCUT2D eigenvalue weighted by Crippen LogP contribution is 2.51. The summed E-state index contributed by atoms with van der Waals surface area (Å²) in [5.41, 5.74) is -4.80. The zero-order chi connectivity index (χ0) is 27.6. The molecule has 15 heteroatoms. The number of alkyl halides is 2. The number of hydrogen-bond acceptors (Lipinski definition) is 9. The maximum absolute atomic E-state index is 15.8. The number of ether oxygens (including phenoxy) is 2. The number of rotatable bonds is 10. The molecule has 3 N–H and O–H groups in total. The first kappa shape index (κ1) is 28.7. The van der Waals surface area contributed by atoms with Crippen molar-refractivity contribution in [2.24, 2.45) is 0 Å². The molecular formula is C22H28F2N3O9P. The molecule has 1 aromatic heterocycles. The Hall–Kier alpha value is -2.90. The fourth-order valence-electron chi connectivity index (χ4n) is 3.48. The van der Waals surface area contributed by atoms with Gasteiger partial charge in [0.25, 0.3) is 11.4 Å². The Bertz CT molecular complexity index is 1270. The summed E-state index contributed by atoms with van der Waals surface area (Å²) in [4.78, 5) is 37.6. The average molecular weight is 547 g/mol. The van der Waals surface area contributed by atoms with Gasteiger partial charge in [0.05, 0.1) is 6.10 Å². The van der Waals surface area contributed by atoms with E-state index in [1.54, 1.807) is 32.0 Å². The second kappa shape index (κ2) is 10.8. The molecule has 1 unspecified atom stereocenters. The minimum Gasteiger partial charge on any atom is -0.462 e. The molecule has 0 bridgehead atoms. The standard InChI is InChI=1S/C22H28F2N3O9P/c1-13(2)34-17(29)14(3)26-37(32,36-15-8-6-5-7-9-15)33-12-22(24)18(30)21(4,23)19(35-22)27-11-10-16(28)25-20(27)31/h5-11,13-14,18-19,30H,12H2,1-4H3,(H,26,32)(H,25,28,31)/t14-,18-,19+,21+,22+,37?/m0/s1. The number of nitrogens with zero attached hydrogens (tertiary/aromatic N) is 1. The molecule has 1 saturated heterocycles. The van der Waals surface area contributed by atoms with E-state index in [1.165, 1.54) is 19.1 Å². The van der Waals surface area contributed by atoms with Gasteiger partial charge in [-0.2, -0.15) is 5.09 Å². The van der Waals surface area contributed by atoms with E-state index in [4.69, 9.17) is 18.5 Å². The number of aromatic nitrogens is 2. The SMILES string of the molecule is CC(C)OC(=O)[C@H](C)NP(=O)(OC[C@@]1(F)O[C@@H](n2ccc(=O)[nH]c2=O)[C@](C)(F)[C@@H]1O)Oc1ccccc1. The predicted octanol–water partition coefficient (Wildman–Crippen LogP) is 1.95. The molecule has 0 spiro atoms. The predicted molar refractivity (Wildman–Crippen MR) is 125 cm³/mol. The molecule has 6 atom stereocenters. The molecule has 0 saturated carbocycles. The quantitative estimate of drug-likeness (QED) is 0.297. The highest BCUT2D eigenvalue weighted by molar-refractivity contribution is 7.52. The van der Waals surface area contributed by atoms with Gasteiger partial charge in [0.2, 0.25) is 0 Å². The Morgan fingerprint density at radius 3 is 2.49 bits per heavy atom. The van der Waals surface area contributed by atoms with Crippen molar-refractivity contribution >= 4 is 13.7 Å². The van der Waals surface area contributed by atoms with Gasteiger partial charge in [0, 0.05) is 12.3 Å². The lowest BCUT2D eigenvalue weighted by molar-refractivity contribution is -0.204. The van der Waals surface area contributed by atoms with Crippen LogP contribution >= 0.6 is 7.75 Å². The van der Waals surface area contributed by atoms with Crippen LogP contribution in [0.25, 0.3) is 0 Å². The van der Waals surface area contributed by atoms with Crippen LogP contribution in [0.3, 0.4) is 0 Å². The molecule has 12 nitrogen and oxygen atoms in total. The van der Waals surface area contributed by atoms with Crippen molar-refractivity contribution < 1.29 is 41.8 Å². The molecule has 3 rings (SSSR count). The fourth-order valence-corrected chi connectivity index (χ4v) is 4.99. The van der Waals surface area contributed by atoms with Gasteiger partial charge in [-0.05, 0) is 39.8 Å². The van der Waals surface area contributed by atoms with Crippen LogP contribution in [0, 0.1) is 0 Å². The van der Waals surface area contributed by atoms with Crippen molar-refractivity contribution in [1.29, 1.82) is 0 Å². The maximum atomic E-state index is 15.8. The van der Waals surface area contributed by atoms with Crippen LogP contribution in [-0.2, 0) is 23.4 Å². The van der Waals surface area contributed by atoms with Crippen LogP contribution < -0.4 is 20.9 Å². The molecule has 204 valence electrons. The molecule has 0 amide bonds. The van der Waals surface area contributed by atoms with Crippen molar-refractivity contribution in [2.45, 2.75) is 63.7 Å². The number of nitrogens with one attached hydrogen (secondary N) is 2. The third-order valence-corrected chi connectivity index (χ3v) is 6.92. The number of aliphatic hydroxyl groups excluding tert-OH is 1. The molecule has 1 fully saturated rings. The Morgan fingerprint density at radius 2 is 1.89 bits per heavy atom. The molecule has 2 aromatic rings. The maximum Gasteiger partial charge on any atom is 0.459 e. The van der Waals surface area contributed by atoms with Gasteiger partial charge in [-0.3, -0.25) is 23.7 Å². The summed E-state index contributed by atoms with van der Waals surface area (Å²) in [6.45, 7) is 3.95. The highest BCUT2D eigenvalue weighted by atomic mass is 31.2. The van der Waals surface area contributed by atoms with E-state index in [2.05, 4.69) is 5.09 Å². The average Bonchev–Trinajstić information content (AvgIpc) is 2.98. The van der Waals surface area contributed by atoms with E-state index in [9.17, 15) is 24.1 Å². The van der Waals surface area contributed by atoms with E-state index >= 15 is 8.78 Å². The zero-order valence-electron chi connectivity index (χ0n) is 20.4. The molecule has 1 aliphatic heterocycles. The van der Waals surface area contributed by atoms with E-state index in [0.29, 0.717) is 4.57 Å². The van der Waals surface area contributed by atoms with Crippen LogP contribution in [0.4, 0.5) is 8.78 Å². The molecule has 0 radical (unpaired) electrons. The monoisotopic (exact) mass is 547 g/mol. The van der Waals surface area contributed by atoms with Crippen molar-refractivity contribution in [2.75, 3.05) is 6.61 Å². The van der Waals surface area contributed by atoms with Crippen LogP contribution in [-0.4, -0.2) is 57.0 Å².